The summed E-state index contributed by atoms with van der Waals surface area (Å²) < 4.78 is 42.5. The number of pyridine rings is 1. The molecule has 0 aliphatic heterocycles. The van der Waals surface area contributed by atoms with Gasteiger partial charge in [0.1, 0.15) is 5.69 Å². The van der Waals surface area contributed by atoms with E-state index in [0.29, 0.717) is 6.20 Å². The maximum absolute atomic E-state index is 12.9. The lowest BCUT2D eigenvalue weighted by Gasteiger charge is -2.10. The minimum Gasteiger partial charge on any atom is -0.462 e. The van der Waals surface area contributed by atoms with Gasteiger partial charge in [0, 0.05) is 6.20 Å². The summed E-state index contributed by atoms with van der Waals surface area (Å²) in [6.07, 6.45) is -2.40. The van der Waals surface area contributed by atoms with Crippen LogP contribution in [0.2, 0.25) is 0 Å². The number of halogens is 3. The molecule has 0 saturated heterocycles. The zero-order valence-electron chi connectivity index (χ0n) is 8.34. The number of ether oxygens (including phenoxy) is 1. The third kappa shape index (κ3) is 2.23. The van der Waals surface area contributed by atoms with Crippen LogP contribution in [-0.4, -0.2) is 17.6 Å². The lowest BCUT2D eigenvalue weighted by Crippen LogP contribution is -2.14. The van der Waals surface area contributed by atoms with Crippen LogP contribution in [0.4, 0.5) is 18.9 Å². The van der Waals surface area contributed by atoms with Gasteiger partial charge in [-0.3, -0.25) is 0 Å². The molecule has 0 aliphatic rings. The van der Waals surface area contributed by atoms with Crippen molar-refractivity contribution in [1.29, 1.82) is 0 Å². The maximum atomic E-state index is 12.9. The van der Waals surface area contributed by atoms with E-state index in [4.69, 9.17) is 5.73 Å². The van der Waals surface area contributed by atoms with Crippen molar-refractivity contribution < 1.29 is 22.7 Å². The van der Waals surface area contributed by atoms with Crippen LogP contribution < -0.4 is 5.73 Å². The number of carbonyl (C=O) groups is 1. The average Bonchev–Trinajstić information content (AvgIpc) is 2.21. The molecule has 0 aromatic carbocycles. The highest BCUT2D eigenvalue weighted by Gasteiger charge is 2.25. The number of esters is 1. The van der Waals surface area contributed by atoms with E-state index < -0.39 is 35.2 Å². The Labute approximate surface area is 89.2 Å². The van der Waals surface area contributed by atoms with Gasteiger partial charge in [-0.2, -0.15) is 4.39 Å². The highest BCUT2D eigenvalue weighted by molar-refractivity contribution is 5.96. The second-order valence-corrected chi connectivity index (χ2v) is 2.81. The first-order valence-corrected chi connectivity index (χ1v) is 4.38. The van der Waals surface area contributed by atoms with Gasteiger partial charge in [-0.05, 0) is 6.92 Å². The van der Waals surface area contributed by atoms with Crippen LogP contribution in [0, 0.1) is 5.95 Å². The third-order valence-electron chi connectivity index (χ3n) is 1.81. The molecule has 0 radical (unpaired) electrons. The Morgan fingerprint density at radius 1 is 1.62 bits per heavy atom. The molecule has 1 aromatic heterocycles. The van der Waals surface area contributed by atoms with Crippen LogP contribution >= 0.6 is 0 Å². The number of aromatic nitrogens is 1. The van der Waals surface area contributed by atoms with Gasteiger partial charge in [-0.25, -0.2) is 18.6 Å². The Bertz CT molecular complexity index is 410. The molecule has 7 heteroatoms. The fourth-order valence-electron chi connectivity index (χ4n) is 1.12. The molecule has 2 N–H and O–H groups in total. The van der Waals surface area contributed by atoms with E-state index in [1.807, 2.05) is 0 Å². The topological polar surface area (TPSA) is 65.2 Å². The van der Waals surface area contributed by atoms with Crippen molar-refractivity contribution in [1.82, 2.24) is 4.98 Å². The number of rotatable bonds is 3. The van der Waals surface area contributed by atoms with Gasteiger partial charge < -0.3 is 10.5 Å². The van der Waals surface area contributed by atoms with E-state index in [1.165, 1.54) is 6.92 Å². The van der Waals surface area contributed by atoms with Gasteiger partial charge in [0.2, 0.25) is 5.95 Å². The van der Waals surface area contributed by atoms with Crippen molar-refractivity contribution in [3.63, 3.8) is 0 Å². The standard InChI is InChI=1S/C9H9F3N2O2/c1-2-16-9(15)5-4(7(10)11)3-14-8(12)6(5)13/h3,7H,2,13H2,1H3. The summed E-state index contributed by atoms with van der Waals surface area (Å²) in [5.74, 6) is -2.26. The van der Waals surface area contributed by atoms with E-state index in [2.05, 4.69) is 9.72 Å². The Morgan fingerprint density at radius 3 is 2.75 bits per heavy atom. The molecule has 1 rings (SSSR count). The summed E-state index contributed by atoms with van der Waals surface area (Å²) >= 11 is 0. The van der Waals surface area contributed by atoms with Gasteiger partial charge in [0.25, 0.3) is 6.43 Å². The predicted octanol–water partition coefficient (Wildman–Crippen LogP) is 1.92. The first-order chi connectivity index (χ1) is 7.49. The average molecular weight is 234 g/mol. The normalized spacial score (nSPS) is 10.6. The number of anilines is 1. The highest BCUT2D eigenvalue weighted by atomic mass is 19.3. The molecule has 1 aromatic rings. The molecule has 0 fully saturated rings. The van der Waals surface area contributed by atoms with Gasteiger partial charge in [0.05, 0.1) is 17.7 Å². The first kappa shape index (κ1) is 12.3. The molecule has 1 heterocycles. The van der Waals surface area contributed by atoms with Crippen molar-refractivity contribution in [2.45, 2.75) is 13.3 Å². The SMILES string of the molecule is CCOC(=O)c1c(C(F)F)cnc(F)c1N. The van der Waals surface area contributed by atoms with Crippen LogP contribution in [0.1, 0.15) is 29.3 Å². The second-order valence-electron chi connectivity index (χ2n) is 2.81. The maximum Gasteiger partial charge on any atom is 0.340 e. The van der Waals surface area contributed by atoms with Gasteiger partial charge in [0.15, 0.2) is 0 Å². The molecule has 0 aliphatic carbocycles. The molecular formula is C9H9F3N2O2. The molecule has 0 amide bonds. The number of nitrogen functional groups attached to an aromatic ring is 1. The van der Waals surface area contributed by atoms with Gasteiger partial charge in [-0.1, -0.05) is 0 Å². The van der Waals surface area contributed by atoms with Crippen LogP contribution in [0.25, 0.3) is 0 Å². The quantitative estimate of drug-likeness (QED) is 0.641. The van der Waals surface area contributed by atoms with Crippen molar-refractivity contribution >= 4 is 11.7 Å². The largest absolute Gasteiger partial charge is 0.462 e. The van der Waals surface area contributed by atoms with Crippen LogP contribution in [0.15, 0.2) is 6.20 Å². The zero-order valence-corrected chi connectivity index (χ0v) is 8.34. The molecule has 0 atom stereocenters. The van der Waals surface area contributed by atoms with Gasteiger partial charge >= 0.3 is 5.97 Å². The Balaban J connectivity index is 3.31. The summed E-state index contributed by atoms with van der Waals surface area (Å²) in [6.45, 7) is 1.47. The number of nitrogens with zero attached hydrogens (tertiary/aromatic N) is 1. The highest BCUT2D eigenvalue weighted by Crippen LogP contribution is 2.28. The molecule has 0 unspecified atom stereocenters. The first-order valence-electron chi connectivity index (χ1n) is 4.38. The van der Waals surface area contributed by atoms with Crippen molar-refractivity contribution in [3.05, 3.63) is 23.3 Å². The lowest BCUT2D eigenvalue weighted by atomic mass is 10.1. The van der Waals surface area contributed by atoms with E-state index in [1.54, 1.807) is 0 Å². The molecule has 0 bridgehead atoms. The van der Waals surface area contributed by atoms with Crippen molar-refractivity contribution in [3.8, 4) is 0 Å². The molecule has 88 valence electrons. The fourth-order valence-corrected chi connectivity index (χ4v) is 1.12. The number of alkyl halides is 2. The Morgan fingerprint density at radius 2 is 2.25 bits per heavy atom. The minimum atomic E-state index is -2.98. The predicted molar refractivity (Wildman–Crippen MR) is 49.5 cm³/mol. The lowest BCUT2D eigenvalue weighted by molar-refractivity contribution is 0.0516. The van der Waals surface area contributed by atoms with E-state index in [9.17, 15) is 18.0 Å². The minimum absolute atomic E-state index is 0.0229. The molecule has 0 spiro atoms. The number of hydrogen-bond acceptors (Lipinski definition) is 4. The summed E-state index contributed by atoms with van der Waals surface area (Å²) in [4.78, 5) is 14.3. The second kappa shape index (κ2) is 4.82. The molecular weight excluding hydrogens is 225 g/mol. The van der Waals surface area contributed by atoms with Crippen molar-refractivity contribution in [2.24, 2.45) is 0 Å². The van der Waals surface area contributed by atoms with E-state index in [-0.39, 0.29) is 6.61 Å². The number of nitrogens with two attached hydrogens (primary N) is 1. The number of hydrogen-bond donors (Lipinski definition) is 1. The summed E-state index contributed by atoms with van der Waals surface area (Å²) in [5, 5.41) is 0. The van der Waals surface area contributed by atoms with E-state index in [0.717, 1.165) is 0 Å². The molecule has 4 nitrogen and oxygen atoms in total. The zero-order chi connectivity index (χ0) is 12.3. The third-order valence-corrected chi connectivity index (χ3v) is 1.81. The smallest absolute Gasteiger partial charge is 0.340 e. The Hall–Kier alpha value is -1.79. The summed E-state index contributed by atoms with van der Waals surface area (Å²) in [7, 11) is 0. The number of carbonyl (C=O) groups excluding carboxylic acids is 1. The van der Waals surface area contributed by atoms with Crippen LogP contribution in [-0.2, 0) is 4.74 Å². The van der Waals surface area contributed by atoms with E-state index >= 15 is 0 Å². The fraction of sp³-hybridized carbons (Fsp3) is 0.333. The summed E-state index contributed by atoms with van der Waals surface area (Å²) in [5.41, 5.74) is 3.05. The Kier molecular flexibility index (Phi) is 3.70. The molecule has 0 saturated carbocycles. The van der Waals surface area contributed by atoms with Crippen LogP contribution in [0.5, 0.6) is 0 Å². The van der Waals surface area contributed by atoms with Crippen LogP contribution in [0.3, 0.4) is 0 Å². The van der Waals surface area contributed by atoms with Crippen molar-refractivity contribution in [2.75, 3.05) is 12.3 Å². The monoisotopic (exact) mass is 234 g/mol. The summed E-state index contributed by atoms with van der Waals surface area (Å²) in [6, 6.07) is 0. The van der Waals surface area contributed by atoms with Gasteiger partial charge in [-0.15, -0.1) is 0 Å². The molecule has 16 heavy (non-hydrogen) atoms.